The molecule has 0 aliphatic heterocycles. The molecule has 1 atom stereocenters. The van der Waals surface area contributed by atoms with Crippen LogP contribution in [0.15, 0.2) is 42.5 Å². The molecule has 4 nitrogen and oxygen atoms in total. The summed E-state index contributed by atoms with van der Waals surface area (Å²) in [6.45, 7) is 3.97. The van der Waals surface area contributed by atoms with Crippen molar-refractivity contribution in [2.75, 3.05) is 6.61 Å². The van der Waals surface area contributed by atoms with Crippen LogP contribution in [0.2, 0.25) is 0 Å². The van der Waals surface area contributed by atoms with Crippen molar-refractivity contribution in [3.05, 3.63) is 65.2 Å². The maximum absolute atomic E-state index is 13.7. The Morgan fingerprint density at radius 3 is 2.42 bits per heavy atom. The van der Waals surface area contributed by atoms with Crippen molar-refractivity contribution >= 4 is 11.7 Å². The first-order valence-electron chi connectivity index (χ1n) is 8.41. The molecular weight excluding hydrogens is 340 g/mol. The van der Waals surface area contributed by atoms with Gasteiger partial charge < -0.3 is 10.1 Å². The number of carbonyl (C=O) groups is 2. The summed E-state index contributed by atoms with van der Waals surface area (Å²) in [4.78, 5) is 24.1. The van der Waals surface area contributed by atoms with E-state index in [-0.39, 0.29) is 24.2 Å². The summed E-state index contributed by atoms with van der Waals surface area (Å²) in [6, 6.07) is 9.08. The highest BCUT2D eigenvalue weighted by atomic mass is 19.1. The van der Waals surface area contributed by atoms with Gasteiger partial charge in [0.1, 0.15) is 17.4 Å². The number of hydrogen-bond acceptors (Lipinski definition) is 3. The van der Waals surface area contributed by atoms with Gasteiger partial charge in [-0.25, -0.2) is 8.78 Å². The number of Topliss-reactive ketones (excluding diaryl/α,β-unsaturated/α-hetero) is 1. The molecule has 0 bridgehead atoms. The van der Waals surface area contributed by atoms with Crippen molar-refractivity contribution in [1.82, 2.24) is 5.32 Å². The van der Waals surface area contributed by atoms with Crippen LogP contribution in [-0.2, 0) is 4.79 Å². The number of ketones is 1. The molecule has 138 valence electrons. The zero-order chi connectivity index (χ0) is 19.1. The van der Waals surface area contributed by atoms with E-state index in [0.717, 1.165) is 18.2 Å². The molecule has 0 saturated carbocycles. The van der Waals surface area contributed by atoms with Gasteiger partial charge in [-0.2, -0.15) is 0 Å². The summed E-state index contributed by atoms with van der Waals surface area (Å²) in [7, 11) is 0. The fourth-order valence-electron chi connectivity index (χ4n) is 2.51. The molecule has 2 rings (SSSR count). The van der Waals surface area contributed by atoms with Crippen LogP contribution in [0.3, 0.4) is 0 Å². The van der Waals surface area contributed by atoms with Crippen LogP contribution in [0.4, 0.5) is 8.78 Å². The Labute approximate surface area is 151 Å². The Kier molecular flexibility index (Phi) is 6.83. The van der Waals surface area contributed by atoms with Crippen molar-refractivity contribution in [1.29, 1.82) is 0 Å². The standard InChI is InChI=1S/C20H21F2NO3/c1-3-26-16-7-4-14(5-8-16)19(24)10-11-20(25)23-13(2)17-12-15(21)6-9-18(17)22/h4-9,12-13H,3,10-11H2,1-2H3,(H,23,25). The Morgan fingerprint density at radius 2 is 1.77 bits per heavy atom. The molecule has 26 heavy (non-hydrogen) atoms. The predicted octanol–water partition coefficient (Wildman–Crippen LogP) is 4.20. The van der Waals surface area contributed by atoms with Crippen LogP contribution in [0.5, 0.6) is 5.75 Å². The monoisotopic (exact) mass is 361 g/mol. The smallest absolute Gasteiger partial charge is 0.220 e. The van der Waals surface area contributed by atoms with E-state index in [1.165, 1.54) is 0 Å². The van der Waals surface area contributed by atoms with Gasteiger partial charge in [-0.15, -0.1) is 0 Å². The zero-order valence-electron chi connectivity index (χ0n) is 14.7. The fourth-order valence-corrected chi connectivity index (χ4v) is 2.51. The number of rotatable bonds is 8. The topological polar surface area (TPSA) is 55.4 Å². The lowest BCUT2D eigenvalue weighted by atomic mass is 10.0. The highest BCUT2D eigenvalue weighted by Crippen LogP contribution is 2.18. The minimum Gasteiger partial charge on any atom is -0.494 e. The van der Waals surface area contributed by atoms with Gasteiger partial charge in [-0.05, 0) is 56.3 Å². The number of amides is 1. The SMILES string of the molecule is CCOc1ccc(C(=O)CCC(=O)NC(C)c2cc(F)ccc2F)cc1. The second-order valence-corrected chi connectivity index (χ2v) is 5.84. The van der Waals surface area contributed by atoms with Gasteiger partial charge in [0.2, 0.25) is 5.91 Å². The largest absolute Gasteiger partial charge is 0.494 e. The summed E-state index contributed by atoms with van der Waals surface area (Å²) in [5.74, 6) is -1.07. The highest BCUT2D eigenvalue weighted by molar-refractivity contribution is 5.98. The maximum atomic E-state index is 13.7. The van der Waals surface area contributed by atoms with Gasteiger partial charge >= 0.3 is 0 Å². The zero-order valence-corrected chi connectivity index (χ0v) is 14.7. The Hall–Kier alpha value is -2.76. The molecule has 0 aliphatic rings. The van der Waals surface area contributed by atoms with Gasteiger partial charge in [0, 0.05) is 24.0 Å². The molecule has 1 N–H and O–H groups in total. The van der Waals surface area contributed by atoms with Crippen LogP contribution in [-0.4, -0.2) is 18.3 Å². The predicted molar refractivity (Wildman–Crippen MR) is 94.1 cm³/mol. The molecule has 0 fully saturated rings. The van der Waals surface area contributed by atoms with Crippen molar-refractivity contribution in [2.24, 2.45) is 0 Å². The average Bonchev–Trinajstić information content (AvgIpc) is 2.62. The molecular formula is C20H21F2NO3. The second-order valence-electron chi connectivity index (χ2n) is 5.84. The van der Waals surface area contributed by atoms with E-state index in [2.05, 4.69) is 5.32 Å². The Bertz CT molecular complexity index is 775. The van der Waals surface area contributed by atoms with E-state index in [1.807, 2.05) is 6.92 Å². The molecule has 0 aromatic heterocycles. The molecule has 0 heterocycles. The van der Waals surface area contributed by atoms with Crippen molar-refractivity contribution in [3.63, 3.8) is 0 Å². The fraction of sp³-hybridized carbons (Fsp3) is 0.300. The van der Waals surface area contributed by atoms with Gasteiger partial charge in [-0.3, -0.25) is 9.59 Å². The van der Waals surface area contributed by atoms with Crippen LogP contribution in [0.25, 0.3) is 0 Å². The molecule has 1 amide bonds. The van der Waals surface area contributed by atoms with Crippen molar-refractivity contribution < 1.29 is 23.1 Å². The van der Waals surface area contributed by atoms with Crippen molar-refractivity contribution in [3.8, 4) is 5.75 Å². The first-order valence-corrected chi connectivity index (χ1v) is 8.41. The summed E-state index contributed by atoms with van der Waals surface area (Å²) < 4.78 is 32.3. The normalized spacial score (nSPS) is 11.7. The van der Waals surface area contributed by atoms with Crippen LogP contribution >= 0.6 is 0 Å². The molecule has 2 aromatic rings. The van der Waals surface area contributed by atoms with E-state index in [1.54, 1.807) is 31.2 Å². The van der Waals surface area contributed by atoms with E-state index < -0.39 is 23.6 Å². The molecule has 6 heteroatoms. The maximum Gasteiger partial charge on any atom is 0.220 e. The van der Waals surface area contributed by atoms with Crippen LogP contribution < -0.4 is 10.1 Å². The lowest BCUT2D eigenvalue weighted by Gasteiger charge is -2.15. The third-order valence-corrected chi connectivity index (χ3v) is 3.87. The molecule has 1 unspecified atom stereocenters. The van der Waals surface area contributed by atoms with Crippen LogP contribution in [0, 0.1) is 11.6 Å². The van der Waals surface area contributed by atoms with Gasteiger partial charge in [0.05, 0.1) is 12.6 Å². The highest BCUT2D eigenvalue weighted by Gasteiger charge is 2.16. The second kappa shape index (κ2) is 9.08. The molecule has 2 aromatic carbocycles. The van der Waals surface area contributed by atoms with Crippen molar-refractivity contribution in [2.45, 2.75) is 32.7 Å². The molecule has 0 radical (unpaired) electrons. The third kappa shape index (κ3) is 5.37. The van der Waals surface area contributed by atoms with E-state index in [9.17, 15) is 18.4 Å². The number of nitrogens with one attached hydrogen (secondary N) is 1. The number of benzene rings is 2. The summed E-state index contributed by atoms with van der Waals surface area (Å²) in [6.07, 6.45) is -0.00845. The van der Waals surface area contributed by atoms with Crippen LogP contribution in [0.1, 0.15) is 48.7 Å². The minimum absolute atomic E-state index is 0.0260. The van der Waals surface area contributed by atoms with Gasteiger partial charge in [0.25, 0.3) is 0 Å². The quantitative estimate of drug-likeness (QED) is 0.717. The van der Waals surface area contributed by atoms with E-state index >= 15 is 0 Å². The first-order chi connectivity index (χ1) is 12.4. The molecule has 0 aliphatic carbocycles. The number of ether oxygens (including phenoxy) is 1. The van der Waals surface area contributed by atoms with E-state index in [0.29, 0.717) is 17.9 Å². The number of carbonyl (C=O) groups excluding carboxylic acids is 2. The lowest BCUT2D eigenvalue weighted by molar-refractivity contribution is -0.121. The van der Waals surface area contributed by atoms with Gasteiger partial charge in [0.15, 0.2) is 5.78 Å². The number of hydrogen-bond donors (Lipinski definition) is 1. The summed E-state index contributed by atoms with van der Waals surface area (Å²) in [5, 5.41) is 2.58. The summed E-state index contributed by atoms with van der Waals surface area (Å²) in [5.41, 5.74) is 0.557. The van der Waals surface area contributed by atoms with Gasteiger partial charge in [-0.1, -0.05) is 0 Å². The third-order valence-electron chi connectivity index (χ3n) is 3.87. The first kappa shape index (κ1) is 19.6. The lowest BCUT2D eigenvalue weighted by Crippen LogP contribution is -2.27. The molecule has 0 spiro atoms. The molecule has 0 saturated heterocycles. The van der Waals surface area contributed by atoms with E-state index in [4.69, 9.17) is 4.74 Å². The number of halogens is 2. The average molecular weight is 361 g/mol. The summed E-state index contributed by atoms with van der Waals surface area (Å²) >= 11 is 0. The Balaban J connectivity index is 1.87. The Morgan fingerprint density at radius 1 is 1.08 bits per heavy atom. The minimum atomic E-state index is -0.696.